The second-order valence-electron chi connectivity index (χ2n) is 4.35. The fraction of sp³-hybridized carbons (Fsp3) is 0.500. The molecule has 0 unspecified atom stereocenters. The van der Waals surface area contributed by atoms with E-state index in [2.05, 4.69) is 0 Å². The van der Waals surface area contributed by atoms with Gasteiger partial charge in [-0.05, 0) is 38.8 Å². The lowest BCUT2D eigenvalue weighted by Gasteiger charge is -2.18. The Morgan fingerprint density at radius 3 is 2.53 bits per heavy atom. The summed E-state index contributed by atoms with van der Waals surface area (Å²) in [6, 6.07) is 5.09. The third kappa shape index (κ3) is 1.92. The third-order valence-corrected chi connectivity index (χ3v) is 2.56. The van der Waals surface area contributed by atoms with Crippen molar-refractivity contribution in [1.29, 1.82) is 0 Å². The van der Waals surface area contributed by atoms with Crippen LogP contribution in [0.3, 0.4) is 0 Å². The Bertz CT molecular complexity index is 367. The molecule has 1 fully saturated rings. The standard InChI is InChI=1S/C12H16O3/c1-8(2)15-10-5-3-4-9(13)11(10)12(14)6-7-12/h3-5,8,13-14H,6-7H2,1-2H3. The summed E-state index contributed by atoms with van der Waals surface area (Å²) in [6.07, 6.45) is 1.42. The zero-order valence-corrected chi connectivity index (χ0v) is 9.03. The maximum absolute atomic E-state index is 10.0. The van der Waals surface area contributed by atoms with Crippen molar-refractivity contribution in [1.82, 2.24) is 0 Å². The van der Waals surface area contributed by atoms with E-state index >= 15 is 0 Å². The van der Waals surface area contributed by atoms with E-state index in [-0.39, 0.29) is 11.9 Å². The molecule has 1 aromatic carbocycles. The number of hydrogen-bond donors (Lipinski definition) is 2. The molecule has 0 aliphatic heterocycles. The first kappa shape index (κ1) is 10.3. The number of aliphatic hydroxyl groups is 1. The quantitative estimate of drug-likeness (QED) is 0.800. The van der Waals surface area contributed by atoms with E-state index in [0.29, 0.717) is 24.2 Å². The van der Waals surface area contributed by atoms with Gasteiger partial charge in [-0.25, -0.2) is 0 Å². The van der Waals surface area contributed by atoms with Gasteiger partial charge in [-0.1, -0.05) is 6.07 Å². The van der Waals surface area contributed by atoms with E-state index in [0.717, 1.165) is 0 Å². The second-order valence-corrected chi connectivity index (χ2v) is 4.35. The molecule has 2 N–H and O–H groups in total. The Hall–Kier alpha value is -1.22. The minimum Gasteiger partial charge on any atom is -0.507 e. The molecule has 0 heterocycles. The molecule has 0 radical (unpaired) electrons. The first-order valence-electron chi connectivity index (χ1n) is 5.24. The SMILES string of the molecule is CC(C)Oc1cccc(O)c1C1(O)CC1. The Labute approximate surface area is 89.3 Å². The van der Waals surface area contributed by atoms with Crippen molar-refractivity contribution in [2.75, 3.05) is 0 Å². The predicted octanol–water partition coefficient (Wildman–Crippen LogP) is 2.16. The molecule has 15 heavy (non-hydrogen) atoms. The Morgan fingerprint density at radius 2 is 2.00 bits per heavy atom. The van der Waals surface area contributed by atoms with E-state index in [1.165, 1.54) is 0 Å². The minimum absolute atomic E-state index is 0.0351. The zero-order chi connectivity index (χ0) is 11.1. The van der Waals surface area contributed by atoms with Crippen LogP contribution in [-0.4, -0.2) is 16.3 Å². The molecular formula is C12H16O3. The van der Waals surface area contributed by atoms with E-state index < -0.39 is 5.60 Å². The van der Waals surface area contributed by atoms with Gasteiger partial charge in [0.05, 0.1) is 17.3 Å². The summed E-state index contributed by atoms with van der Waals surface area (Å²) in [5, 5.41) is 19.8. The molecule has 0 amide bonds. The number of phenolic OH excluding ortho intramolecular Hbond substituents is 1. The minimum atomic E-state index is -0.866. The highest BCUT2D eigenvalue weighted by atomic mass is 16.5. The van der Waals surface area contributed by atoms with E-state index in [9.17, 15) is 10.2 Å². The predicted molar refractivity (Wildman–Crippen MR) is 57.0 cm³/mol. The molecule has 1 saturated carbocycles. The number of ether oxygens (including phenoxy) is 1. The van der Waals surface area contributed by atoms with Crippen molar-refractivity contribution in [3.05, 3.63) is 23.8 Å². The molecule has 0 bridgehead atoms. The van der Waals surface area contributed by atoms with Crippen LogP contribution in [0, 0.1) is 0 Å². The lowest BCUT2D eigenvalue weighted by atomic mass is 10.1. The Kier molecular flexibility index (Phi) is 2.35. The van der Waals surface area contributed by atoms with Gasteiger partial charge in [-0.2, -0.15) is 0 Å². The molecule has 1 aromatic rings. The van der Waals surface area contributed by atoms with E-state index in [4.69, 9.17) is 4.74 Å². The largest absolute Gasteiger partial charge is 0.507 e. The van der Waals surface area contributed by atoms with Gasteiger partial charge in [-0.15, -0.1) is 0 Å². The topological polar surface area (TPSA) is 49.7 Å². The highest BCUT2D eigenvalue weighted by Crippen LogP contribution is 2.52. The molecule has 1 aliphatic carbocycles. The molecule has 3 heteroatoms. The van der Waals surface area contributed by atoms with Gasteiger partial charge in [0.25, 0.3) is 0 Å². The molecule has 0 aromatic heterocycles. The van der Waals surface area contributed by atoms with Gasteiger partial charge >= 0.3 is 0 Å². The highest BCUT2D eigenvalue weighted by molar-refractivity contribution is 5.50. The van der Waals surface area contributed by atoms with Crippen molar-refractivity contribution in [3.63, 3.8) is 0 Å². The average Bonchev–Trinajstić information content (AvgIpc) is 2.83. The maximum Gasteiger partial charge on any atom is 0.129 e. The number of aromatic hydroxyl groups is 1. The molecule has 3 nitrogen and oxygen atoms in total. The van der Waals surface area contributed by atoms with Crippen molar-refractivity contribution in [2.24, 2.45) is 0 Å². The normalized spacial score (nSPS) is 17.9. The van der Waals surface area contributed by atoms with Crippen molar-refractivity contribution in [3.8, 4) is 11.5 Å². The lowest BCUT2D eigenvalue weighted by molar-refractivity contribution is 0.138. The van der Waals surface area contributed by atoms with Crippen LogP contribution in [0.1, 0.15) is 32.3 Å². The molecular weight excluding hydrogens is 192 g/mol. The lowest BCUT2D eigenvalue weighted by Crippen LogP contribution is -2.12. The van der Waals surface area contributed by atoms with Crippen LogP contribution in [0.25, 0.3) is 0 Å². The van der Waals surface area contributed by atoms with Crippen LogP contribution in [-0.2, 0) is 5.60 Å². The van der Waals surface area contributed by atoms with Gasteiger partial charge in [0.2, 0.25) is 0 Å². The summed E-state index contributed by atoms with van der Waals surface area (Å²) in [6.45, 7) is 3.84. The monoisotopic (exact) mass is 208 g/mol. The van der Waals surface area contributed by atoms with Crippen LogP contribution in [0.5, 0.6) is 11.5 Å². The molecule has 0 saturated heterocycles. The fourth-order valence-electron chi connectivity index (χ4n) is 1.71. The molecule has 0 atom stereocenters. The molecule has 0 spiro atoms. The third-order valence-electron chi connectivity index (χ3n) is 2.56. The van der Waals surface area contributed by atoms with Crippen LogP contribution in [0.15, 0.2) is 18.2 Å². The maximum atomic E-state index is 10.0. The average molecular weight is 208 g/mol. The molecule has 2 rings (SSSR count). The zero-order valence-electron chi connectivity index (χ0n) is 9.03. The van der Waals surface area contributed by atoms with Crippen molar-refractivity contribution >= 4 is 0 Å². The van der Waals surface area contributed by atoms with E-state index in [1.807, 2.05) is 13.8 Å². The first-order chi connectivity index (χ1) is 7.03. The Balaban J connectivity index is 2.40. The summed E-state index contributed by atoms with van der Waals surface area (Å²) < 4.78 is 5.57. The number of hydrogen-bond acceptors (Lipinski definition) is 3. The molecule has 1 aliphatic rings. The fourth-order valence-corrected chi connectivity index (χ4v) is 1.71. The van der Waals surface area contributed by atoms with E-state index in [1.54, 1.807) is 18.2 Å². The van der Waals surface area contributed by atoms with Crippen LogP contribution in [0.2, 0.25) is 0 Å². The Morgan fingerprint density at radius 1 is 1.33 bits per heavy atom. The van der Waals surface area contributed by atoms with Crippen LogP contribution < -0.4 is 4.74 Å². The van der Waals surface area contributed by atoms with Crippen LogP contribution in [0.4, 0.5) is 0 Å². The number of rotatable bonds is 3. The molecule has 82 valence electrons. The summed E-state index contributed by atoms with van der Waals surface area (Å²) in [5.74, 6) is 0.707. The first-order valence-corrected chi connectivity index (χ1v) is 5.24. The van der Waals surface area contributed by atoms with Gasteiger partial charge in [0, 0.05) is 0 Å². The summed E-state index contributed by atoms with van der Waals surface area (Å²) in [4.78, 5) is 0. The van der Waals surface area contributed by atoms with Gasteiger partial charge < -0.3 is 14.9 Å². The summed E-state index contributed by atoms with van der Waals surface area (Å²) in [5.41, 5.74) is -0.325. The second kappa shape index (κ2) is 3.42. The van der Waals surface area contributed by atoms with Gasteiger partial charge in [0.15, 0.2) is 0 Å². The summed E-state index contributed by atoms with van der Waals surface area (Å²) in [7, 11) is 0. The van der Waals surface area contributed by atoms with Gasteiger partial charge in [0.1, 0.15) is 11.5 Å². The number of benzene rings is 1. The van der Waals surface area contributed by atoms with Crippen molar-refractivity contribution in [2.45, 2.75) is 38.4 Å². The van der Waals surface area contributed by atoms with Crippen molar-refractivity contribution < 1.29 is 14.9 Å². The summed E-state index contributed by atoms with van der Waals surface area (Å²) >= 11 is 0. The van der Waals surface area contributed by atoms with Gasteiger partial charge in [-0.3, -0.25) is 0 Å². The highest BCUT2D eigenvalue weighted by Gasteiger charge is 2.46. The smallest absolute Gasteiger partial charge is 0.129 e. The van der Waals surface area contributed by atoms with Crippen LogP contribution >= 0.6 is 0 Å². The number of phenols is 1.